The van der Waals surface area contributed by atoms with E-state index in [1.54, 1.807) is 7.11 Å². The monoisotopic (exact) mass is 366 g/mol. The van der Waals surface area contributed by atoms with E-state index in [0.717, 1.165) is 46.8 Å². The van der Waals surface area contributed by atoms with E-state index in [1.807, 2.05) is 68.5 Å². The van der Waals surface area contributed by atoms with Gasteiger partial charge in [-0.1, -0.05) is 18.2 Å². The molecule has 0 spiro atoms. The quantitative estimate of drug-likeness (QED) is 0.311. The van der Waals surface area contributed by atoms with Crippen LogP contribution in [-0.4, -0.2) is 31.9 Å². The van der Waals surface area contributed by atoms with E-state index in [1.165, 1.54) is 0 Å². The zero-order valence-electron chi connectivity index (χ0n) is 17.0. The molecule has 0 saturated carbocycles. The lowest BCUT2D eigenvalue weighted by atomic mass is 10.1. The number of ether oxygens (including phenoxy) is 2. The predicted octanol–water partition coefficient (Wildman–Crippen LogP) is 5.97. The normalized spacial score (nSPS) is 12.2. The second kappa shape index (κ2) is 9.93. The van der Waals surface area contributed by atoms with Crippen molar-refractivity contribution in [1.29, 1.82) is 0 Å². The van der Waals surface area contributed by atoms with Gasteiger partial charge in [-0.05, 0) is 68.1 Å². The Balaban J connectivity index is 2.24. The first kappa shape index (κ1) is 20.7. The Morgan fingerprint density at radius 3 is 2.63 bits per heavy atom. The highest BCUT2D eigenvalue weighted by molar-refractivity contribution is 5.64. The average Bonchev–Trinajstić information content (AvgIpc) is 2.67. The van der Waals surface area contributed by atoms with Crippen LogP contribution >= 0.6 is 0 Å². The van der Waals surface area contributed by atoms with E-state index in [2.05, 4.69) is 24.6 Å². The molecule has 1 unspecified atom stereocenters. The molecule has 1 atom stereocenters. The third kappa shape index (κ3) is 5.69. The molecule has 4 heteroatoms. The number of nitrogens with zero attached hydrogens (tertiary/aromatic N) is 2. The van der Waals surface area contributed by atoms with Gasteiger partial charge in [0, 0.05) is 20.7 Å². The van der Waals surface area contributed by atoms with Gasteiger partial charge in [0.2, 0.25) is 0 Å². The van der Waals surface area contributed by atoms with Gasteiger partial charge in [-0.25, -0.2) is 4.99 Å². The highest BCUT2D eigenvalue weighted by atomic mass is 16.5. The first-order chi connectivity index (χ1) is 13.0. The number of methoxy groups -OCH3 is 1. The summed E-state index contributed by atoms with van der Waals surface area (Å²) >= 11 is 0. The fourth-order valence-corrected chi connectivity index (χ4v) is 2.69. The van der Waals surface area contributed by atoms with Crippen molar-refractivity contribution in [3.63, 3.8) is 0 Å². The summed E-state index contributed by atoms with van der Waals surface area (Å²) in [6.45, 7) is 10.9. The van der Waals surface area contributed by atoms with Gasteiger partial charge in [-0.15, -0.1) is 6.58 Å². The molecule has 0 saturated heterocycles. The molecule has 0 fully saturated rings. The van der Waals surface area contributed by atoms with Crippen LogP contribution in [0.5, 0.6) is 11.5 Å². The van der Waals surface area contributed by atoms with E-state index in [4.69, 9.17) is 9.47 Å². The van der Waals surface area contributed by atoms with E-state index in [9.17, 15) is 0 Å². The zero-order valence-corrected chi connectivity index (χ0v) is 17.0. The van der Waals surface area contributed by atoms with Crippen molar-refractivity contribution in [2.45, 2.75) is 33.3 Å². The molecule has 2 rings (SSSR count). The van der Waals surface area contributed by atoms with Crippen molar-refractivity contribution in [2.75, 3.05) is 20.7 Å². The number of hydrogen-bond donors (Lipinski definition) is 0. The standard InChI is InChI=1S/C23H30N2O2/c1-7-10-22(26-6)19-11-9-12-20(15-19)27-23-14-17(3)21(13-18(23)4)24-16-25(5)8-2/h7,9,11-16,22H,1,8,10H2,2-6H3. The summed E-state index contributed by atoms with van der Waals surface area (Å²) in [5.41, 5.74) is 4.16. The van der Waals surface area contributed by atoms with Gasteiger partial charge in [0.05, 0.1) is 18.1 Å². The predicted molar refractivity (Wildman–Crippen MR) is 113 cm³/mol. The summed E-state index contributed by atoms with van der Waals surface area (Å²) in [5, 5.41) is 0. The topological polar surface area (TPSA) is 34.1 Å². The fourth-order valence-electron chi connectivity index (χ4n) is 2.69. The van der Waals surface area contributed by atoms with Gasteiger partial charge in [-0.2, -0.15) is 0 Å². The molecule has 0 amide bonds. The SMILES string of the molecule is C=CCC(OC)c1cccc(Oc2cc(C)c(N=CN(C)CC)cc2C)c1. The first-order valence-corrected chi connectivity index (χ1v) is 9.25. The van der Waals surface area contributed by atoms with Crippen LogP contribution in [0.3, 0.4) is 0 Å². The van der Waals surface area contributed by atoms with Gasteiger partial charge in [0.1, 0.15) is 11.5 Å². The third-order valence-corrected chi connectivity index (χ3v) is 4.51. The Morgan fingerprint density at radius 2 is 1.96 bits per heavy atom. The summed E-state index contributed by atoms with van der Waals surface area (Å²) in [6.07, 6.45) is 4.47. The Bertz CT molecular complexity index is 799. The Morgan fingerprint density at radius 1 is 1.19 bits per heavy atom. The molecular formula is C23H30N2O2. The molecular weight excluding hydrogens is 336 g/mol. The van der Waals surface area contributed by atoms with Crippen molar-refractivity contribution < 1.29 is 9.47 Å². The highest BCUT2D eigenvalue weighted by Gasteiger charge is 2.11. The molecule has 4 nitrogen and oxygen atoms in total. The van der Waals surface area contributed by atoms with Gasteiger partial charge in [0.25, 0.3) is 0 Å². The van der Waals surface area contributed by atoms with E-state index in [0.29, 0.717) is 0 Å². The minimum Gasteiger partial charge on any atom is -0.457 e. The Hall–Kier alpha value is -2.59. The van der Waals surface area contributed by atoms with E-state index >= 15 is 0 Å². The second-order valence-corrected chi connectivity index (χ2v) is 6.65. The first-order valence-electron chi connectivity index (χ1n) is 9.25. The third-order valence-electron chi connectivity index (χ3n) is 4.51. The minimum atomic E-state index is -0.0128. The molecule has 0 aromatic heterocycles. The number of rotatable bonds is 9. The molecule has 2 aromatic rings. The zero-order chi connectivity index (χ0) is 19.8. The highest BCUT2D eigenvalue weighted by Crippen LogP contribution is 2.33. The average molecular weight is 367 g/mol. The lowest BCUT2D eigenvalue weighted by molar-refractivity contribution is 0.106. The van der Waals surface area contributed by atoms with Crippen LogP contribution in [0.2, 0.25) is 0 Å². The second-order valence-electron chi connectivity index (χ2n) is 6.65. The van der Waals surface area contributed by atoms with Crippen molar-refractivity contribution >= 4 is 12.0 Å². The fraction of sp³-hybridized carbons (Fsp3) is 0.348. The summed E-state index contributed by atoms with van der Waals surface area (Å²) in [7, 11) is 3.72. The van der Waals surface area contributed by atoms with Crippen LogP contribution in [0.15, 0.2) is 54.0 Å². The lowest BCUT2D eigenvalue weighted by Crippen LogP contribution is -2.14. The summed E-state index contributed by atoms with van der Waals surface area (Å²) in [5.74, 6) is 1.63. The van der Waals surface area contributed by atoms with E-state index < -0.39 is 0 Å². The number of hydrogen-bond acceptors (Lipinski definition) is 3. The molecule has 27 heavy (non-hydrogen) atoms. The molecule has 0 aliphatic heterocycles. The molecule has 0 aliphatic rings. The summed E-state index contributed by atoms with van der Waals surface area (Å²) < 4.78 is 11.7. The maximum Gasteiger partial charge on any atom is 0.130 e. The number of benzene rings is 2. The summed E-state index contributed by atoms with van der Waals surface area (Å²) in [4.78, 5) is 6.62. The summed E-state index contributed by atoms with van der Waals surface area (Å²) in [6, 6.07) is 12.1. The lowest BCUT2D eigenvalue weighted by Gasteiger charge is -2.16. The molecule has 144 valence electrons. The number of aryl methyl sites for hydroxylation is 2. The van der Waals surface area contributed by atoms with Crippen molar-refractivity contribution in [3.8, 4) is 11.5 Å². The largest absolute Gasteiger partial charge is 0.457 e. The maximum absolute atomic E-state index is 6.16. The smallest absolute Gasteiger partial charge is 0.130 e. The van der Waals surface area contributed by atoms with Crippen molar-refractivity contribution in [2.24, 2.45) is 4.99 Å². The van der Waals surface area contributed by atoms with Gasteiger partial charge in [0.15, 0.2) is 0 Å². The molecule has 2 aromatic carbocycles. The minimum absolute atomic E-state index is 0.0128. The number of aliphatic imine (C=N–C) groups is 1. The van der Waals surface area contributed by atoms with E-state index in [-0.39, 0.29) is 6.10 Å². The van der Waals surface area contributed by atoms with Gasteiger partial charge >= 0.3 is 0 Å². The molecule has 0 aliphatic carbocycles. The van der Waals surface area contributed by atoms with Crippen LogP contribution in [0.4, 0.5) is 5.69 Å². The Kier molecular flexibility index (Phi) is 7.62. The van der Waals surface area contributed by atoms with Crippen LogP contribution < -0.4 is 4.74 Å². The van der Waals surface area contributed by atoms with Crippen LogP contribution in [-0.2, 0) is 4.74 Å². The van der Waals surface area contributed by atoms with Crippen LogP contribution in [0, 0.1) is 13.8 Å². The van der Waals surface area contributed by atoms with Crippen LogP contribution in [0.25, 0.3) is 0 Å². The molecule has 0 bridgehead atoms. The molecule has 0 radical (unpaired) electrons. The molecule has 0 heterocycles. The van der Waals surface area contributed by atoms with Gasteiger partial charge < -0.3 is 14.4 Å². The Labute approximate surface area is 163 Å². The van der Waals surface area contributed by atoms with Crippen molar-refractivity contribution in [3.05, 3.63) is 65.7 Å². The van der Waals surface area contributed by atoms with Gasteiger partial charge in [-0.3, -0.25) is 0 Å². The maximum atomic E-state index is 6.16. The van der Waals surface area contributed by atoms with Crippen LogP contribution in [0.1, 0.15) is 36.1 Å². The van der Waals surface area contributed by atoms with Crippen molar-refractivity contribution in [1.82, 2.24) is 4.90 Å². The molecule has 0 N–H and O–H groups in total.